The van der Waals surface area contributed by atoms with E-state index in [1.165, 1.54) is 17.5 Å². The molecule has 0 saturated carbocycles. The van der Waals surface area contributed by atoms with Crippen LogP contribution in [0, 0.1) is 0 Å². The van der Waals surface area contributed by atoms with Gasteiger partial charge in [-0.2, -0.15) is 0 Å². The van der Waals surface area contributed by atoms with Crippen LogP contribution in [0.3, 0.4) is 0 Å². The number of halogens is 1. The second-order valence-electron chi connectivity index (χ2n) is 2.39. The molecule has 1 nitrogen and oxygen atoms in total. The van der Waals surface area contributed by atoms with Crippen LogP contribution in [-0.2, 0) is 0 Å². The van der Waals surface area contributed by atoms with Crippen molar-refractivity contribution in [1.29, 1.82) is 0 Å². The molecule has 1 aliphatic rings. The third-order valence-corrected chi connectivity index (χ3v) is 4.40. The summed E-state index contributed by atoms with van der Waals surface area (Å²) in [5.41, 5.74) is 0. The molecule has 1 heterocycles. The Kier molecular flexibility index (Phi) is 2.56. The van der Waals surface area contributed by atoms with Gasteiger partial charge < -0.3 is 0 Å². The van der Waals surface area contributed by atoms with Gasteiger partial charge in [0.15, 0.2) is 0 Å². The predicted molar refractivity (Wildman–Crippen MR) is 31.8 cm³/mol. The van der Waals surface area contributed by atoms with Crippen molar-refractivity contribution in [3.8, 4) is 0 Å². The molecule has 0 aromatic carbocycles. The third kappa shape index (κ3) is 1.90. The topological polar surface area (TPSA) is 3.24 Å². The standard InChI is InChI=1S/C6H13IN/c1-6-5-8(2)4-3-7-6/h6H,3-5H2,1-2H3/q-1/t6-/m0/s1. The molecule has 8 heavy (non-hydrogen) atoms. The molecule has 50 valence electrons. The Morgan fingerprint density at radius 3 is 2.75 bits per heavy atom. The SMILES string of the molecule is C[C@H]1CN(C)CC[I-]1. The summed E-state index contributed by atoms with van der Waals surface area (Å²) in [5.74, 6) is 0. The summed E-state index contributed by atoms with van der Waals surface area (Å²) in [6.07, 6.45) is 0. The Morgan fingerprint density at radius 1 is 1.62 bits per heavy atom. The van der Waals surface area contributed by atoms with Gasteiger partial charge in [-0.05, 0) is 0 Å². The number of hydrogen-bond acceptors (Lipinski definition) is 1. The summed E-state index contributed by atoms with van der Waals surface area (Å²) in [6, 6.07) is 0. The van der Waals surface area contributed by atoms with Gasteiger partial charge in [-0.15, -0.1) is 0 Å². The monoisotopic (exact) mass is 226 g/mol. The fraction of sp³-hybridized carbons (Fsp3) is 1.00. The summed E-state index contributed by atoms with van der Waals surface area (Å²) in [5, 5.41) is 0. The molecule has 2 heteroatoms. The molecule has 0 radical (unpaired) electrons. The molecule has 0 aliphatic carbocycles. The Hall–Kier alpha value is 0.690. The second-order valence-corrected chi connectivity index (χ2v) is 6.47. The molecule has 0 spiro atoms. The number of alkyl halides is 2. The van der Waals surface area contributed by atoms with Crippen molar-refractivity contribution >= 4 is 0 Å². The Labute approximate surface area is 61.7 Å². The predicted octanol–water partition coefficient (Wildman–Crippen LogP) is -2.59. The van der Waals surface area contributed by atoms with Gasteiger partial charge >= 0.3 is 61.5 Å². The van der Waals surface area contributed by atoms with Gasteiger partial charge in [-0.1, -0.05) is 0 Å². The van der Waals surface area contributed by atoms with Gasteiger partial charge in [-0.25, -0.2) is 0 Å². The molecule has 0 aromatic heterocycles. The summed E-state index contributed by atoms with van der Waals surface area (Å²) < 4.78 is 2.56. The average Bonchev–Trinajstić information content (AvgIpc) is 1.64. The van der Waals surface area contributed by atoms with Crippen LogP contribution in [0.4, 0.5) is 0 Å². The Balaban J connectivity index is 2.23. The minimum absolute atomic E-state index is 0.583. The average molecular weight is 226 g/mol. The maximum atomic E-state index is 2.44. The zero-order valence-electron chi connectivity index (χ0n) is 5.52. The van der Waals surface area contributed by atoms with E-state index in [0.717, 1.165) is 3.92 Å². The normalized spacial score (nSPS) is 34.0. The molecule has 0 bridgehead atoms. The molecule has 1 atom stereocenters. The Morgan fingerprint density at radius 2 is 2.38 bits per heavy atom. The first-order valence-corrected chi connectivity index (χ1v) is 5.82. The van der Waals surface area contributed by atoms with Crippen molar-refractivity contribution in [3.63, 3.8) is 0 Å². The van der Waals surface area contributed by atoms with Crippen LogP contribution in [0.5, 0.6) is 0 Å². The molecular formula is C6H13IN-. The van der Waals surface area contributed by atoms with E-state index < -0.39 is 0 Å². The van der Waals surface area contributed by atoms with Crippen molar-refractivity contribution in [2.24, 2.45) is 0 Å². The summed E-state index contributed by atoms with van der Waals surface area (Å²) in [7, 11) is 2.22. The zero-order valence-corrected chi connectivity index (χ0v) is 7.68. The Bertz CT molecular complexity index is 66.9. The molecule has 0 unspecified atom stereocenters. The summed E-state index contributed by atoms with van der Waals surface area (Å²) in [6.45, 7) is 5.09. The minimum atomic E-state index is 0.583. The molecule has 1 saturated heterocycles. The first-order valence-electron chi connectivity index (χ1n) is 3.05. The van der Waals surface area contributed by atoms with Crippen LogP contribution in [-0.4, -0.2) is 33.4 Å². The number of nitrogens with zero attached hydrogens (tertiary/aromatic N) is 1. The fourth-order valence-corrected chi connectivity index (χ4v) is 4.07. The van der Waals surface area contributed by atoms with Crippen LogP contribution in [0.1, 0.15) is 6.92 Å². The summed E-state index contributed by atoms with van der Waals surface area (Å²) in [4.78, 5) is 2.44. The van der Waals surface area contributed by atoms with Crippen LogP contribution >= 0.6 is 0 Å². The van der Waals surface area contributed by atoms with Crippen LogP contribution in [0.2, 0.25) is 0 Å². The molecule has 0 aromatic rings. The fourth-order valence-electron chi connectivity index (χ4n) is 0.949. The van der Waals surface area contributed by atoms with Crippen LogP contribution in [0.25, 0.3) is 0 Å². The number of rotatable bonds is 0. The summed E-state index contributed by atoms with van der Waals surface area (Å²) >= 11 is 0.583. The van der Waals surface area contributed by atoms with Crippen molar-refractivity contribution in [1.82, 2.24) is 4.90 Å². The van der Waals surface area contributed by atoms with E-state index in [2.05, 4.69) is 18.9 Å². The van der Waals surface area contributed by atoms with E-state index in [4.69, 9.17) is 0 Å². The number of hydrogen-bond donors (Lipinski definition) is 0. The van der Waals surface area contributed by atoms with E-state index in [0.29, 0.717) is 21.2 Å². The van der Waals surface area contributed by atoms with Crippen molar-refractivity contribution < 1.29 is 21.2 Å². The van der Waals surface area contributed by atoms with Crippen molar-refractivity contribution in [3.05, 3.63) is 0 Å². The maximum absolute atomic E-state index is 2.44. The third-order valence-electron chi connectivity index (χ3n) is 1.40. The first-order chi connectivity index (χ1) is 3.79. The van der Waals surface area contributed by atoms with Gasteiger partial charge in [0.2, 0.25) is 0 Å². The van der Waals surface area contributed by atoms with E-state index >= 15 is 0 Å². The molecule has 0 amide bonds. The van der Waals surface area contributed by atoms with Gasteiger partial charge in [-0.3, -0.25) is 0 Å². The zero-order chi connectivity index (χ0) is 5.98. The van der Waals surface area contributed by atoms with Crippen molar-refractivity contribution in [2.45, 2.75) is 10.8 Å². The van der Waals surface area contributed by atoms with Crippen LogP contribution < -0.4 is 21.2 Å². The van der Waals surface area contributed by atoms with Crippen molar-refractivity contribution in [2.75, 3.05) is 24.6 Å². The second kappa shape index (κ2) is 3.01. The quantitative estimate of drug-likeness (QED) is 0.323. The molecule has 1 fully saturated rings. The van der Waals surface area contributed by atoms with E-state index in [1.807, 2.05) is 0 Å². The van der Waals surface area contributed by atoms with Gasteiger partial charge in [0.1, 0.15) is 0 Å². The van der Waals surface area contributed by atoms with E-state index in [1.54, 1.807) is 0 Å². The molecule has 1 rings (SSSR count). The molecule has 0 N–H and O–H groups in total. The van der Waals surface area contributed by atoms with Gasteiger partial charge in [0.05, 0.1) is 0 Å². The molecule has 1 aliphatic heterocycles. The first kappa shape index (κ1) is 6.81. The van der Waals surface area contributed by atoms with E-state index in [9.17, 15) is 0 Å². The van der Waals surface area contributed by atoms with E-state index in [-0.39, 0.29) is 0 Å². The van der Waals surface area contributed by atoms with Gasteiger partial charge in [0.25, 0.3) is 0 Å². The van der Waals surface area contributed by atoms with Gasteiger partial charge in [0, 0.05) is 0 Å². The van der Waals surface area contributed by atoms with Crippen LogP contribution in [0.15, 0.2) is 0 Å². The molecular weight excluding hydrogens is 213 g/mol.